The number of hydrogen-bond acceptors (Lipinski definition) is 2. The van der Waals surface area contributed by atoms with Gasteiger partial charge in [0.2, 0.25) is 0 Å². The highest BCUT2D eigenvalue weighted by Gasteiger charge is 2.39. The molecule has 0 saturated carbocycles. The average molecular weight is 279 g/mol. The molecule has 3 nitrogen and oxygen atoms in total. The molecule has 0 amide bonds. The molecule has 0 bridgehead atoms. The lowest BCUT2D eigenvalue weighted by molar-refractivity contribution is -0.139. The first-order valence-corrected chi connectivity index (χ1v) is 7.38. The van der Waals surface area contributed by atoms with Gasteiger partial charge in [-0.15, -0.1) is 0 Å². The van der Waals surface area contributed by atoms with E-state index in [9.17, 15) is 4.79 Å². The fraction of sp³-hybridized carbons (Fsp3) is 0.278. The van der Waals surface area contributed by atoms with Crippen LogP contribution in [0.1, 0.15) is 23.6 Å². The molecule has 0 aromatic heterocycles. The first kappa shape index (κ1) is 12.6. The Morgan fingerprint density at radius 3 is 2.05 bits per heavy atom. The second-order valence-corrected chi connectivity index (χ2v) is 5.99. The van der Waals surface area contributed by atoms with Crippen molar-refractivity contribution in [2.24, 2.45) is 5.92 Å². The molecule has 1 heterocycles. The molecule has 1 saturated heterocycles. The van der Waals surface area contributed by atoms with E-state index in [0.29, 0.717) is 12.0 Å². The molecule has 1 aliphatic heterocycles. The zero-order valence-electron chi connectivity index (χ0n) is 11.7. The lowest BCUT2D eigenvalue weighted by Gasteiger charge is -2.43. The van der Waals surface area contributed by atoms with Gasteiger partial charge in [0, 0.05) is 13.1 Å². The monoisotopic (exact) mass is 279 g/mol. The summed E-state index contributed by atoms with van der Waals surface area (Å²) in [5.74, 6) is -0.394. The second-order valence-electron chi connectivity index (χ2n) is 5.99. The fourth-order valence-corrected chi connectivity index (χ4v) is 3.72. The third kappa shape index (κ3) is 1.96. The van der Waals surface area contributed by atoms with Gasteiger partial charge in [-0.3, -0.25) is 9.69 Å². The standard InChI is InChI=1S/C18H17NO2/c20-17(21)9-12-10-19(11-12)18-15-7-3-1-5-13(15)14-6-2-4-8-16(14)18/h1-8,12,18H,9-11H2,(H,20,21). The molecule has 2 aliphatic rings. The fourth-order valence-electron chi connectivity index (χ4n) is 3.72. The number of rotatable bonds is 3. The maximum Gasteiger partial charge on any atom is 0.303 e. The highest BCUT2D eigenvalue weighted by molar-refractivity contribution is 5.78. The van der Waals surface area contributed by atoms with Gasteiger partial charge in [-0.25, -0.2) is 0 Å². The lowest BCUT2D eigenvalue weighted by atomic mass is 9.91. The van der Waals surface area contributed by atoms with E-state index in [0.717, 1.165) is 13.1 Å². The van der Waals surface area contributed by atoms with Crippen LogP contribution in [0.15, 0.2) is 48.5 Å². The Morgan fingerprint density at radius 2 is 1.52 bits per heavy atom. The van der Waals surface area contributed by atoms with Gasteiger partial charge >= 0.3 is 5.97 Å². The minimum absolute atomic E-state index is 0.284. The molecule has 0 unspecified atom stereocenters. The Hall–Kier alpha value is -2.13. The van der Waals surface area contributed by atoms with Crippen LogP contribution in [0.4, 0.5) is 0 Å². The minimum Gasteiger partial charge on any atom is -0.481 e. The van der Waals surface area contributed by atoms with Crippen LogP contribution in [0.2, 0.25) is 0 Å². The summed E-state index contributed by atoms with van der Waals surface area (Å²) in [6.07, 6.45) is 0.284. The zero-order chi connectivity index (χ0) is 14.4. The van der Waals surface area contributed by atoms with Crippen LogP contribution in [0.5, 0.6) is 0 Å². The van der Waals surface area contributed by atoms with E-state index in [1.165, 1.54) is 22.3 Å². The van der Waals surface area contributed by atoms with Crippen LogP contribution in [0, 0.1) is 5.92 Å². The van der Waals surface area contributed by atoms with E-state index in [4.69, 9.17) is 5.11 Å². The largest absolute Gasteiger partial charge is 0.481 e. The first-order chi connectivity index (χ1) is 10.2. The summed E-state index contributed by atoms with van der Waals surface area (Å²) in [6, 6.07) is 17.4. The summed E-state index contributed by atoms with van der Waals surface area (Å²) >= 11 is 0. The topological polar surface area (TPSA) is 40.5 Å². The van der Waals surface area contributed by atoms with Crippen molar-refractivity contribution in [1.29, 1.82) is 0 Å². The van der Waals surface area contributed by atoms with Crippen molar-refractivity contribution in [3.8, 4) is 11.1 Å². The number of likely N-dealkylation sites (tertiary alicyclic amines) is 1. The number of nitrogens with zero attached hydrogens (tertiary/aromatic N) is 1. The van der Waals surface area contributed by atoms with Gasteiger partial charge < -0.3 is 5.11 Å². The summed E-state index contributed by atoms with van der Waals surface area (Å²) in [7, 11) is 0. The zero-order valence-corrected chi connectivity index (χ0v) is 11.7. The smallest absolute Gasteiger partial charge is 0.303 e. The molecule has 21 heavy (non-hydrogen) atoms. The highest BCUT2D eigenvalue weighted by atomic mass is 16.4. The lowest BCUT2D eigenvalue weighted by Crippen LogP contribution is -2.49. The van der Waals surface area contributed by atoms with Crippen LogP contribution in [-0.2, 0) is 4.79 Å². The SMILES string of the molecule is O=C(O)CC1CN(C2c3ccccc3-c3ccccc32)C1. The van der Waals surface area contributed by atoms with Gasteiger partial charge in [0.1, 0.15) is 0 Å². The van der Waals surface area contributed by atoms with Gasteiger partial charge in [-0.05, 0) is 28.2 Å². The summed E-state index contributed by atoms with van der Waals surface area (Å²) in [6.45, 7) is 1.75. The number of carboxylic acids is 1. The number of benzene rings is 2. The van der Waals surface area contributed by atoms with E-state index >= 15 is 0 Å². The highest BCUT2D eigenvalue weighted by Crippen LogP contribution is 2.48. The summed E-state index contributed by atoms with van der Waals surface area (Å²) in [5, 5.41) is 8.90. The Balaban J connectivity index is 1.66. The third-order valence-corrected chi connectivity index (χ3v) is 4.61. The van der Waals surface area contributed by atoms with Crippen LogP contribution in [0.25, 0.3) is 11.1 Å². The van der Waals surface area contributed by atoms with E-state index in [1.54, 1.807) is 0 Å². The molecule has 2 aromatic carbocycles. The van der Waals surface area contributed by atoms with E-state index in [1.807, 2.05) is 0 Å². The second kappa shape index (κ2) is 4.71. The first-order valence-electron chi connectivity index (χ1n) is 7.38. The molecule has 0 radical (unpaired) electrons. The Morgan fingerprint density at radius 1 is 1.00 bits per heavy atom. The van der Waals surface area contributed by atoms with Crippen molar-refractivity contribution in [1.82, 2.24) is 4.90 Å². The van der Waals surface area contributed by atoms with Crippen molar-refractivity contribution < 1.29 is 9.90 Å². The number of carboxylic acid groups (broad SMARTS) is 1. The molecule has 1 N–H and O–H groups in total. The van der Waals surface area contributed by atoms with Crippen molar-refractivity contribution in [2.45, 2.75) is 12.5 Å². The number of hydrogen-bond donors (Lipinski definition) is 1. The summed E-state index contributed by atoms with van der Waals surface area (Å²) < 4.78 is 0. The van der Waals surface area contributed by atoms with Crippen LogP contribution >= 0.6 is 0 Å². The van der Waals surface area contributed by atoms with Crippen LogP contribution in [0.3, 0.4) is 0 Å². The maximum absolute atomic E-state index is 10.8. The van der Waals surface area contributed by atoms with Gasteiger partial charge in [-0.2, -0.15) is 0 Å². The number of aliphatic carboxylic acids is 1. The van der Waals surface area contributed by atoms with Crippen LogP contribution in [-0.4, -0.2) is 29.1 Å². The predicted molar refractivity (Wildman–Crippen MR) is 81.0 cm³/mol. The number of fused-ring (bicyclic) bond motifs is 3. The van der Waals surface area contributed by atoms with Crippen LogP contribution < -0.4 is 0 Å². The molecule has 0 spiro atoms. The summed E-state index contributed by atoms with van der Waals surface area (Å²) in [5.41, 5.74) is 5.35. The molecular weight excluding hydrogens is 262 g/mol. The number of carbonyl (C=O) groups is 1. The van der Waals surface area contributed by atoms with Gasteiger partial charge in [0.15, 0.2) is 0 Å². The molecule has 3 heteroatoms. The molecule has 1 fully saturated rings. The average Bonchev–Trinajstić information content (AvgIpc) is 2.77. The Bertz CT molecular complexity index is 658. The van der Waals surface area contributed by atoms with E-state index in [2.05, 4.69) is 53.4 Å². The molecule has 106 valence electrons. The molecule has 4 rings (SSSR count). The molecular formula is C18H17NO2. The predicted octanol–water partition coefficient (Wildman–Crippen LogP) is 3.16. The summed E-state index contributed by atoms with van der Waals surface area (Å²) in [4.78, 5) is 13.2. The van der Waals surface area contributed by atoms with Crippen molar-refractivity contribution in [3.05, 3.63) is 59.7 Å². The minimum atomic E-state index is -0.688. The maximum atomic E-state index is 10.8. The third-order valence-electron chi connectivity index (χ3n) is 4.61. The Labute approximate surface area is 123 Å². The van der Waals surface area contributed by atoms with Gasteiger partial charge in [-0.1, -0.05) is 48.5 Å². The Kier molecular flexibility index (Phi) is 2.82. The van der Waals surface area contributed by atoms with E-state index < -0.39 is 5.97 Å². The molecule has 2 aromatic rings. The quantitative estimate of drug-likeness (QED) is 0.938. The van der Waals surface area contributed by atoms with Gasteiger partial charge in [0.25, 0.3) is 0 Å². The van der Waals surface area contributed by atoms with E-state index in [-0.39, 0.29) is 6.42 Å². The molecule has 0 atom stereocenters. The van der Waals surface area contributed by atoms with Crippen molar-refractivity contribution in [3.63, 3.8) is 0 Å². The van der Waals surface area contributed by atoms with Gasteiger partial charge in [0.05, 0.1) is 12.5 Å². The normalized spacial score (nSPS) is 18.1. The van der Waals surface area contributed by atoms with Crippen molar-refractivity contribution in [2.75, 3.05) is 13.1 Å². The van der Waals surface area contributed by atoms with Crippen molar-refractivity contribution >= 4 is 5.97 Å². The molecule has 1 aliphatic carbocycles.